The van der Waals surface area contributed by atoms with E-state index >= 15 is 0 Å². The molecule has 1 aliphatic rings. The first kappa shape index (κ1) is 11.3. The second-order valence-electron chi connectivity index (χ2n) is 4.95. The zero-order valence-corrected chi connectivity index (χ0v) is 10.1. The third-order valence-corrected chi connectivity index (χ3v) is 3.84. The van der Waals surface area contributed by atoms with Gasteiger partial charge >= 0.3 is 5.97 Å². The molecule has 1 saturated carbocycles. The lowest BCUT2D eigenvalue weighted by atomic mass is 9.83. The highest BCUT2D eigenvalue weighted by Gasteiger charge is 2.25. The highest BCUT2D eigenvalue weighted by molar-refractivity contribution is 5.96. The molecule has 4 nitrogen and oxygen atoms in total. The molecule has 18 heavy (non-hydrogen) atoms. The minimum Gasteiger partial charge on any atom is -0.477 e. The number of hydrogen-bond donors (Lipinski definition) is 2. The molecular formula is C14H16N2O2. The molecule has 0 unspecified atom stereocenters. The van der Waals surface area contributed by atoms with Gasteiger partial charge in [0.25, 0.3) is 0 Å². The van der Waals surface area contributed by atoms with Crippen LogP contribution < -0.4 is 0 Å². The standard InChI is InChI=1S/C14H16N2O2/c17-14(18)12-11(9-5-2-1-3-6-9)10-7-4-8-15-13(10)16-12/h4,7-9H,1-3,5-6H2,(H,15,16)(H,17,18). The number of carbonyl (C=O) groups is 1. The normalized spacial score (nSPS) is 17.1. The van der Waals surface area contributed by atoms with Crippen molar-refractivity contribution < 1.29 is 9.90 Å². The molecule has 0 atom stereocenters. The monoisotopic (exact) mass is 244 g/mol. The maximum Gasteiger partial charge on any atom is 0.352 e. The maximum absolute atomic E-state index is 11.4. The Morgan fingerprint density at radius 1 is 1.33 bits per heavy atom. The van der Waals surface area contributed by atoms with Crippen LogP contribution >= 0.6 is 0 Å². The summed E-state index contributed by atoms with van der Waals surface area (Å²) in [6.45, 7) is 0. The maximum atomic E-state index is 11.4. The molecule has 0 amide bonds. The van der Waals surface area contributed by atoms with Crippen molar-refractivity contribution in [3.63, 3.8) is 0 Å². The highest BCUT2D eigenvalue weighted by Crippen LogP contribution is 2.38. The predicted octanol–water partition coefficient (Wildman–Crippen LogP) is 3.31. The van der Waals surface area contributed by atoms with Crippen LogP contribution in [0.2, 0.25) is 0 Å². The summed E-state index contributed by atoms with van der Waals surface area (Å²) in [7, 11) is 0. The van der Waals surface area contributed by atoms with Crippen LogP contribution in [0.1, 0.15) is 54.1 Å². The average molecular weight is 244 g/mol. The van der Waals surface area contributed by atoms with E-state index in [4.69, 9.17) is 0 Å². The van der Waals surface area contributed by atoms with Gasteiger partial charge in [-0.3, -0.25) is 0 Å². The fourth-order valence-corrected chi connectivity index (χ4v) is 3.03. The van der Waals surface area contributed by atoms with Crippen LogP contribution in [0.5, 0.6) is 0 Å². The third-order valence-electron chi connectivity index (χ3n) is 3.84. The van der Waals surface area contributed by atoms with Crippen LogP contribution in [0, 0.1) is 0 Å². The van der Waals surface area contributed by atoms with E-state index in [2.05, 4.69) is 9.97 Å². The van der Waals surface area contributed by atoms with Gasteiger partial charge in [-0.05, 0) is 36.5 Å². The van der Waals surface area contributed by atoms with E-state index in [0.29, 0.717) is 17.3 Å². The molecular weight excluding hydrogens is 228 g/mol. The molecule has 0 aromatic carbocycles. The molecule has 1 aliphatic carbocycles. The van der Waals surface area contributed by atoms with Gasteiger partial charge in [0, 0.05) is 11.6 Å². The number of rotatable bonds is 2. The number of nitrogens with zero attached hydrogens (tertiary/aromatic N) is 1. The second-order valence-corrected chi connectivity index (χ2v) is 4.95. The summed E-state index contributed by atoms with van der Waals surface area (Å²) in [5.74, 6) is -0.517. The van der Waals surface area contributed by atoms with Gasteiger partial charge < -0.3 is 10.1 Å². The number of aromatic nitrogens is 2. The lowest BCUT2D eigenvalue weighted by molar-refractivity contribution is 0.0689. The van der Waals surface area contributed by atoms with Crippen molar-refractivity contribution in [2.45, 2.75) is 38.0 Å². The average Bonchev–Trinajstić information content (AvgIpc) is 2.79. The molecule has 4 heteroatoms. The molecule has 0 spiro atoms. The number of hydrogen-bond acceptors (Lipinski definition) is 2. The molecule has 3 rings (SSSR count). The number of aromatic carboxylic acids is 1. The van der Waals surface area contributed by atoms with Crippen LogP contribution in [-0.4, -0.2) is 21.0 Å². The number of carboxylic acid groups (broad SMARTS) is 1. The highest BCUT2D eigenvalue weighted by atomic mass is 16.4. The van der Waals surface area contributed by atoms with Crippen molar-refractivity contribution in [3.8, 4) is 0 Å². The molecule has 2 N–H and O–H groups in total. The summed E-state index contributed by atoms with van der Waals surface area (Å²) in [4.78, 5) is 18.5. The largest absolute Gasteiger partial charge is 0.477 e. The van der Waals surface area contributed by atoms with Crippen molar-refractivity contribution >= 4 is 17.0 Å². The topological polar surface area (TPSA) is 66.0 Å². The van der Waals surface area contributed by atoms with E-state index in [1.165, 1.54) is 19.3 Å². The number of carboxylic acids is 1. The first-order valence-electron chi connectivity index (χ1n) is 6.47. The fourth-order valence-electron chi connectivity index (χ4n) is 3.03. The van der Waals surface area contributed by atoms with Gasteiger partial charge in [0.1, 0.15) is 11.3 Å². The van der Waals surface area contributed by atoms with Crippen molar-refractivity contribution in [3.05, 3.63) is 29.6 Å². The lowest BCUT2D eigenvalue weighted by Crippen LogP contribution is -2.09. The first-order valence-corrected chi connectivity index (χ1v) is 6.47. The van der Waals surface area contributed by atoms with Crippen molar-refractivity contribution in [2.75, 3.05) is 0 Å². The van der Waals surface area contributed by atoms with Gasteiger partial charge in [0.15, 0.2) is 0 Å². The molecule has 0 aliphatic heterocycles. The number of pyridine rings is 1. The van der Waals surface area contributed by atoms with Gasteiger partial charge in [0.2, 0.25) is 0 Å². The lowest BCUT2D eigenvalue weighted by Gasteiger charge is -2.21. The van der Waals surface area contributed by atoms with E-state index < -0.39 is 5.97 Å². The van der Waals surface area contributed by atoms with Gasteiger partial charge in [-0.15, -0.1) is 0 Å². The molecule has 0 saturated heterocycles. The van der Waals surface area contributed by atoms with E-state index in [-0.39, 0.29) is 0 Å². The Kier molecular flexibility index (Phi) is 2.78. The second kappa shape index (κ2) is 4.44. The van der Waals surface area contributed by atoms with Crippen LogP contribution in [0.3, 0.4) is 0 Å². The summed E-state index contributed by atoms with van der Waals surface area (Å²) in [5, 5.41) is 10.3. The van der Waals surface area contributed by atoms with Crippen molar-refractivity contribution in [1.29, 1.82) is 0 Å². The van der Waals surface area contributed by atoms with Crippen molar-refractivity contribution in [2.24, 2.45) is 0 Å². The summed E-state index contributed by atoms with van der Waals surface area (Å²) < 4.78 is 0. The molecule has 2 aromatic rings. The minimum absolute atomic E-state index is 0.329. The predicted molar refractivity (Wildman–Crippen MR) is 68.9 cm³/mol. The zero-order chi connectivity index (χ0) is 12.5. The molecule has 0 bridgehead atoms. The number of fused-ring (bicyclic) bond motifs is 1. The van der Waals surface area contributed by atoms with Gasteiger partial charge in [-0.1, -0.05) is 19.3 Å². The van der Waals surface area contributed by atoms with E-state index in [0.717, 1.165) is 23.8 Å². The quantitative estimate of drug-likeness (QED) is 0.851. The van der Waals surface area contributed by atoms with Gasteiger partial charge in [-0.25, -0.2) is 9.78 Å². The Balaban J connectivity index is 2.17. The first-order chi connectivity index (χ1) is 8.77. The van der Waals surface area contributed by atoms with Crippen LogP contribution in [-0.2, 0) is 0 Å². The third kappa shape index (κ3) is 1.78. The number of nitrogens with one attached hydrogen (secondary N) is 1. The Labute approximate surface area is 105 Å². The number of H-pyrrole nitrogens is 1. The SMILES string of the molecule is O=C(O)c1[nH]c2ncccc2c1C1CCCCC1. The van der Waals surface area contributed by atoms with E-state index in [1.54, 1.807) is 6.20 Å². The van der Waals surface area contributed by atoms with Gasteiger partial charge in [-0.2, -0.15) is 0 Å². The van der Waals surface area contributed by atoms with Crippen LogP contribution in [0.15, 0.2) is 18.3 Å². The Hall–Kier alpha value is -1.84. The summed E-state index contributed by atoms with van der Waals surface area (Å²) in [5.41, 5.74) is 1.98. The summed E-state index contributed by atoms with van der Waals surface area (Å²) in [6, 6.07) is 3.84. The molecule has 2 aromatic heterocycles. The van der Waals surface area contributed by atoms with Crippen LogP contribution in [0.4, 0.5) is 0 Å². The zero-order valence-electron chi connectivity index (χ0n) is 10.1. The van der Waals surface area contributed by atoms with Crippen LogP contribution in [0.25, 0.3) is 11.0 Å². The summed E-state index contributed by atoms with van der Waals surface area (Å²) in [6.07, 6.45) is 7.51. The Morgan fingerprint density at radius 2 is 2.11 bits per heavy atom. The number of aromatic amines is 1. The molecule has 1 fully saturated rings. The fraction of sp³-hybridized carbons (Fsp3) is 0.429. The minimum atomic E-state index is -0.881. The summed E-state index contributed by atoms with van der Waals surface area (Å²) >= 11 is 0. The molecule has 94 valence electrons. The van der Waals surface area contributed by atoms with E-state index in [9.17, 15) is 9.90 Å². The smallest absolute Gasteiger partial charge is 0.352 e. The van der Waals surface area contributed by atoms with Gasteiger partial charge in [0.05, 0.1) is 0 Å². The molecule has 0 radical (unpaired) electrons. The van der Waals surface area contributed by atoms with E-state index in [1.807, 2.05) is 12.1 Å². The Bertz CT molecular complexity index is 582. The Morgan fingerprint density at radius 3 is 2.83 bits per heavy atom. The van der Waals surface area contributed by atoms with Crippen molar-refractivity contribution in [1.82, 2.24) is 9.97 Å². The molecule has 2 heterocycles.